The molecule has 1 atom stereocenters. The van der Waals surface area contributed by atoms with E-state index in [-0.39, 0.29) is 17.6 Å². The highest BCUT2D eigenvalue weighted by atomic mass is 16.5. The van der Waals surface area contributed by atoms with Crippen LogP contribution in [0.25, 0.3) is 0 Å². The maximum absolute atomic E-state index is 12.7. The van der Waals surface area contributed by atoms with E-state index >= 15 is 0 Å². The minimum Gasteiger partial charge on any atom is -0.480 e. The van der Waals surface area contributed by atoms with Crippen LogP contribution < -0.4 is 4.74 Å². The molecule has 0 unspecified atom stereocenters. The predicted molar refractivity (Wildman–Crippen MR) is 97.4 cm³/mol. The van der Waals surface area contributed by atoms with E-state index in [4.69, 9.17) is 14.2 Å². The van der Waals surface area contributed by atoms with E-state index in [0.717, 1.165) is 18.4 Å². The van der Waals surface area contributed by atoms with Crippen molar-refractivity contribution in [3.8, 4) is 5.88 Å². The molecule has 2 fully saturated rings. The molecule has 7 heteroatoms. The first-order valence-electron chi connectivity index (χ1n) is 9.12. The zero-order valence-electron chi connectivity index (χ0n) is 15.3. The number of rotatable bonds is 5. The van der Waals surface area contributed by atoms with Crippen molar-refractivity contribution in [2.45, 2.75) is 31.2 Å². The van der Waals surface area contributed by atoms with Gasteiger partial charge in [-0.25, -0.2) is 4.98 Å². The van der Waals surface area contributed by atoms with Crippen molar-refractivity contribution in [2.24, 2.45) is 0 Å². The van der Waals surface area contributed by atoms with Gasteiger partial charge in [0.25, 0.3) is 5.91 Å². The van der Waals surface area contributed by atoms with Crippen LogP contribution in [0.3, 0.4) is 0 Å². The number of carbonyl (C=O) groups excluding carboxylic acids is 1. The SMILES string of the molecule is COc1ncccc1C(=O)N1CC2(C[C@@H](OCc3cccnc3)CCO2)C1. The van der Waals surface area contributed by atoms with Gasteiger partial charge >= 0.3 is 0 Å². The normalized spacial score (nSPS) is 20.9. The molecule has 2 aliphatic heterocycles. The van der Waals surface area contributed by atoms with Crippen LogP contribution in [0.2, 0.25) is 0 Å². The topological polar surface area (TPSA) is 73.8 Å². The van der Waals surface area contributed by atoms with Gasteiger partial charge in [-0.05, 0) is 30.2 Å². The molecule has 7 nitrogen and oxygen atoms in total. The molecule has 1 spiro atoms. The molecule has 0 aromatic carbocycles. The van der Waals surface area contributed by atoms with Crippen molar-refractivity contribution in [1.82, 2.24) is 14.9 Å². The molecule has 2 aromatic rings. The fourth-order valence-electron chi connectivity index (χ4n) is 3.72. The first kappa shape index (κ1) is 17.9. The zero-order valence-corrected chi connectivity index (χ0v) is 15.3. The molecule has 0 N–H and O–H groups in total. The Morgan fingerprint density at radius 2 is 2.19 bits per heavy atom. The summed E-state index contributed by atoms with van der Waals surface area (Å²) in [5.74, 6) is 0.276. The lowest BCUT2D eigenvalue weighted by atomic mass is 9.84. The van der Waals surface area contributed by atoms with Crippen LogP contribution in [0.1, 0.15) is 28.8 Å². The van der Waals surface area contributed by atoms with Crippen molar-refractivity contribution in [3.63, 3.8) is 0 Å². The average Bonchev–Trinajstić information content (AvgIpc) is 2.71. The summed E-state index contributed by atoms with van der Waals surface area (Å²) in [5.41, 5.74) is 1.24. The molecule has 4 heterocycles. The molecular weight excluding hydrogens is 346 g/mol. The van der Waals surface area contributed by atoms with Gasteiger partial charge < -0.3 is 19.1 Å². The van der Waals surface area contributed by atoms with Crippen molar-refractivity contribution in [2.75, 3.05) is 26.8 Å². The summed E-state index contributed by atoms with van der Waals surface area (Å²) in [4.78, 5) is 22.7. The Bertz CT molecular complexity index is 793. The van der Waals surface area contributed by atoms with Crippen LogP contribution in [0, 0.1) is 0 Å². The number of likely N-dealkylation sites (tertiary alicyclic amines) is 1. The maximum atomic E-state index is 12.7. The Morgan fingerprint density at radius 1 is 1.33 bits per heavy atom. The lowest BCUT2D eigenvalue weighted by molar-refractivity contribution is -0.188. The van der Waals surface area contributed by atoms with Crippen molar-refractivity contribution >= 4 is 5.91 Å². The van der Waals surface area contributed by atoms with Crippen LogP contribution in [0.4, 0.5) is 0 Å². The van der Waals surface area contributed by atoms with Gasteiger partial charge in [0.1, 0.15) is 11.2 Å². The fourth-order valence-corrected chi connectivity index (χ4v) is 3.72. The van der Waals surface area contributed by atoms with Gasteiger partial charge in [0.05, 0.1) is 32.9 Å². The number of aromatic nitrogens is 2. The minimum atomic E-state index is -0.303. The van der Waals surface area contributed by atoms with E-state index < -0.39 is 0 Å². The molecule has 0 aliphatic carbocycles. The van der Waals surface area contributed by atoms with Gasteiger partial charge in [-0.15, -0.1) is 0 Å². The predicted octanol–water partition coefficient (Wildman–Crippen LogP) is 2.08. The van der Waals surface area contributed by atoms with Crippen LogP contribution in [-0.2, 0) is 16.1 Å². The maximum Gasteiger partial charge on any atom is 0.259 e. The summed E-state index contributed by atoms with van der Waals surface area (Å²) in [6, 6.07) is 7.39. The number of ether oxygens (including phenoxy) is 3. The molecule has 4 rings (SSSR count). The smallest absolute Gasteiger partial charge is 0.259 e. The fraction of sp³-hybridized carbons (Fsp3) is 0.450. The lowest BCUT2D eigenvalue weighted by Gasteiger charge is -2.53. The molecule has 0 saturated carbocycles. The average molecular weight is 369 g/mol. The lowest BCUT2D eigenvalue weighted by Crippen LogP contribution is -2.67. The van der Waals surface area contributed by atoms with E-state index in [1.165, 1.54) is 7.11 Å². The van der Waals surface area contributed by atoms with Gasteiger partial charge in [-0.2, -0.15) is 0 Å². The monoisotopic (exact) mass is 369 g/mol. The Balaban J connectivity index is 1.33. The second-order valence-corrected chi connectivity index (χ2v) is 7.04. The van der Waals surface area contributed by atoms with Gasteiger partial charge in [-0.1, -0.05) is 6.07 Å². The summed E-state index contributed by atoms with van der Waals surface area (Å²) in [5, 5.41) is 0. The summed E-state index contributed by atoms with van der Waals surface area (Å²) >= 11 is 0. The first-order valence-corrected chi connectivity index (χ1v) is 9.12. The number of carbonyl (C=O) groups is 1. The summed E-state index contributed by atoms with van der Waals surface area (Å²) in [6.07, 6.45) is 6.98. The summed E-state index contributed by atoms with van der Waals surface area (Å²) < 4.78 is 17.3. The Kier molecular flexibility index (Phi) is 5.05. The highest BCUT2D eigenvalue weighted by Gasteiger charge is 2.50. The molecule has 2 saturated heterocycles. The Morgan fingerprint density at radius 3 is 2.96 bits per heavy atom. The summed E-state index contributed by atoms with van der Waals surface area (Å²) in [6.45, 7) is 2.33. The van der Waals surface area contributed by atoms with Crippen molar-refractivity contribution in [1.29, 1.82) is 0 Å². The number of nitrogens with zero attached hydrogens (tertiary/aromatic N) is 3. The van der Waals surface area contributed by atoms with Gasteiger partial charge in [0.15, 0.2) is 0 Å². The van der Waals surface area contributed by atoms with E-state index in [2.05, 4.69) is 9.97 Å². The van der Waals surface area contributed by atoms with Crippen LogP contribution in [0.5, 0.6) is 5.88 Å². The standard InChI is InChI=1S/C20H23N3O4/c1-25-18-17(5-3-8-22-18)19(24)23-13-20(14-23)10-16(6-9-27-20)26-12-15-4-2-7-21-11-15/h2-5,7-8,11,16H,6,9-10,12-14H2,1H3/t16-/m0/s1. The second-order valence-electron chi connectivity index (χ2n) is 7.04. The van der Waals surface area contributed by atoms with Crippen molar-refractivity contribution in [3.05, 3.63) is 54.0 Å². The molecule has 0 bridgehead atoms. The molecular formula is C20H23N3O4. The van der Waals surface area contributed by atoms with Crippen LogP contribution >= 0.6 is 0 Å². The van der Waals surface area contributed by atoms with E-state index in [1.807, 2.05) is 18.3 Å². The van der Waals surface area contributed by atoms with Crippen molar-refractivity contribution < 1.29 is 19.0 Å². The first-order chi connectivity index (χ1) is 13.2. The number of pyridine rings is 2. The van der Waals surface area contributed by atoms with Gasteiger partial charge in [0.2, 0.25) is 5.88 Å². The molecule has 142 valence electrons. The molecule has 2 aliphatic rings. The Labute approximate surface area is 158 Å². The molecule has 2 aromatic heterocycles. The number of amides is 1. The van der Waals surface area contributed by atoms with E-state index in [1.54, 1.807) is 29.4 Å². The highest BCUT2D eigenvalue weighted by Crippen LogP contribution is 2.36. The van der Waals surface area contributed by atoms with Gasteiger partial charge in [0, 0.05) is 31.6 Å². The highest BCUT2D eigenvalue weighted by molar-refractivity contribution is 5.97. The number of methoxy groups -OCH3 is 1. The third-order valence-electron chi connectivity index (χ3n) is 5.10. The van der Waals surface area contributed by atoms with E-state index in [0.29, 0.717) is 37.7 Å². The number of hydrogen-bond donors (Lipinski definition) is 0. The van der Waals surface area contributed by atoms with Crippen LogP contribution in [-0.4, -0.2) is 59.3 Å². The third-order valence-corrected chi connectivity index (χ3v) is 5.10. The minimum absolute atomic E-state index is 0.0763. The van der Waals surface area contributed by atoms with Gasteiger partial charge in [-0.3, -0.25) is 9.78 Å². The number of hydrogen-bond acceptors (Lipinski definition) is 6. The zero-order chi connectivity index (χ0) is 18.7. The molecule has 0 radical (unpaired) electrons. The summed E-state index contributed by atoms with van der Waals surface area (Å²) in [7, 11) is 1.52. The Hall–Kier alpha value is -2.51. The molecule has 27 heavy (non-hydrogen) atoms. The quantitative estimate of drug-likeness (QED) is 0.803. The van der Waals surface area contributed by atoms with E-state index in [9.17, 15) is 4.79 Å². The second kappa shape index (κ2) is 7.62. The third kappa shape index (κ3) is 3.79. The largest absolute Gasteiger partial charge is 0.480 e. The molecule has 1 amide bonds. The van der Waals surface area contributed by atoms with Crippen LogP contribution in [0.15, 0.2) is 42.9 Å².